The van der Waals surface area contributed by atoms with Gasteiger partial charge in [-0.3, -0.25) is 0 Å². The van der Waals surface area contributed by atoms with Gasteiger partial charge in [0.05, 0.1) is 10.9 Å². The molecule has 4 heteroatoms. The summed E-state index contributed by atoms with van der Waals surface area (Å²) in [6.45, 7) is 0.459. The summed E-state index contributed by atoms with van der Waals surface area (Å²) in [5, 5.41) is 9.73. The highest BCUT2D eigenvalue weighted by atomic mass is 32.2. The van der Waals surface area contributed by atoms with Crippen LogP contribution in [0, 0.1) is 0 Å². The first-order valence-electron chi connectivity index (χ1n) is 4.02. The summed E-state index contributed by atoms with van der Waals surface area (Å²) in [7, 11) is 0. The van der Waals surface area contributed by atoms with Crippen molar-refractivity contribution in [3.05, 3.63) is 17.7 Å². The number of aromatic hydroxyl groups is 1. The van der Waals surface area contributed by atoms with E-state index in [4.69, 9.17) is 10.5 Å². The first kappa shape index (κ1) is 8.72. The van der Waals surface area contributed by atoms with E-state index in [1.807, 2.05) is 18.4 Å². The minimum atomic E-state index is -0.100. The largest absolute Gasteiger partial charge is 0.503 e. The van der Waals surface area contributed by atoms with E-state index in [0.29, 0.717) is 12.4 Å². The number of fused-ring (bicyclic) bond motifs is 1. The van der Waals surface area contributed by atoms with Gasteiger partial charge in [0.25, 0.3) is 0 Å². The molecule has 0 aliphatic carbocycles. The third kappa shape index (κ3) is 1.26. The van der Waals surface area contributed by atoms with Gasteiger partial charge in [-0.25, -0.2) is 0 Å². The van der Waals surface area contributed by atoms with Crippen molar-refractivity contribution in [2.24, 2.45) is 5.73 Å². The molecule has 3 nitrogen and oxygen atoms in total. The van der Waals surface area contributed by atoms with E-state index in [1.54, 1.807) is 0 Å². The molecule has 0 fully saturated rings. The van der Waals surface area contributed by atoms with Gasteiger partial charge in [-0.1, -0.05) is 6.07 Å². The molecule has 0 saturated heterocycles. The lowest BCUT2D eigenvalue weighted by Gasteiger charge is -2.06. The van der Waals surface area contributed by atoms with Crippen LogP contribution in [-0.4, -0.2) is 18.0 Å². The van der Waals surface area contributed by atoms with Gasteiger partial charge in [-0.05, 0) is 12.3 Å². The standard InChI is InChI=1S/C9H11NO2S/c1-13-7-3-2-5-6(10)4-12-9(5)8(7)11/h2-3,6,11H,4,10H2,1H3. The van der Waals surface area contributed by atoms with Gasteiger partial charge in [0.2, 0.25) is 0 Å². The molecule has 0 radical (unpaired) electrons. The fourth-order valence-electron chi connectivity index (χ4n) is 1.44. The zero-order valence-electron chi connectivity index (χ0n) is 7.28. The molecular weight excluding hydrogens is 186 g/mol. The van der Waals surface area contributed by atoms with Crippen molar-refractivity contribution < 1.29 is 9.84 Å². The molecule has 1 aromatic carbocycles. The summed E-state index contributed by atoms with van der Waals surface area (Å²) in [5.74, 6) is 0.775. The number of ether oxygens (including phenoxy) is 1. The predicted molar refractivity (Wildman–Crippen MR) is 52.3 cm³/mol. The van der Waals surface area contributed by atoms with Gasteiger partial charge in [0.15, 0.2) is 11.5 Å². The van der Waals surface area contributed by atoms with Gasteiger partial charge in [-0.15, -0.1) is 11.8 Å². The quantitative estimate of drug-likeness (QED) is 0.670. The second kappa shape index (κ2) is 3.12. The van der Waals surface area contributed by atoms with Crippen molar-refractivity contribution in [1.29, 1.82) is 0 Å². The first-order valence-corrected chi connectivity index (χ1v) is 5.24. The Labute approximate surface area is 80.9 Å². The Morgan fingerprint density at radius 1 is 1.62 bits per heavy atom. The van der Waals surface area contributed by atoms with Crippen LogP contribution in [0.3, 0.4) is 0 Å². The second-order valence-electron chi connectivity index (χ2n) is 2.95. The van der Waals surface area contributed by atoms with Gasteiger partial charge in [0, 0.05) is 5.56 Å². The summed E-state index contributed by atoms with van der Waals surface area (Å²) in [5.41, 5.74) is 6.66. The van der Waals surface area contributed by atoms with Crippen molar-refractivity contribution >= 4 is 11.8 Å². The fourth-order valence-corrected chi connectivity index (χ4v) is 1.93. The molecule has 2 rings (SSSR count). The predicted octanol–water partition coefficient (Wildman–Crippen LogP) is 1.51. The minimum Gasteiger partial charge on any atom is -0.503 e. The third-order valence-electron chi connectivity index (χ3n) is 2.15. The Hall–Kier alpha value is -0.870. The zero-order chi connectivity index (χ0) is 9.42. The average Bonchev–Trinajstić information content (AvgIpc) is 2.50. The number of benzene rings is 1. The van der Waals surface area contributed by atoms with Gasteiger partial charge >= 0.3 is 0 Å². The van der Waals surface area contributed by atoms with Gasteiger partial charge in [0.1, 0.15) is 6.61 Å². The second-order valence-corrected chi connectivity index (χ2v) is 3.80. The lowest BCUT2D eigenvalue weighted by molar-refractivity contribution is 0.314. The minimum absolute atomic E-state index is 0.100. The van der Waals surface area contributed by atoms with Crippen LogP contribution in [-0.2, 0) is 0 Å². The summed E-state index contributed by atoms with van der Waals surface area (Å²) in [6, 6.07) is 3.68. The van der Waals surface area contributed by atoms with E-state index in [9.17, 15) is 5.11 Å². The van der Waals surface area contributed by atoms with E-state index < -0.39 is 0 Å². The molecule has 1 atom stereocenters. The SMILES string of the molecule is CSc1ccc2c(c1O)OCC2N. The highest BCUT2D eigenvalue weighted by molar-refractivity contribution is 7.98. The Bertz CT molecular complexity index is 341. The van der Waals surface area contributed by atoms with Crippen LogP contribution in [0.1, 0.15) is 11.6 Å². The van der Waals surface area contributed by atoms with E-state index in [2.05, 4.69) is 0 Å². The summed E-state index contributed by atoms with van der Waals surface area (Å²) in [6.07, 6.45) is 1.91. The molecular formula is C9H11NO2S. The lowest BCUT2D eigenvalue weighted by atomic mass is 10.1. The van der Waals surface area contributed by atoms with Crippen molar-refractivity contribution in [3.8, 4) is 11.5 Å². The van der Waals surface area contributed by atoms with Crippen molar-refractivity contribution in [2.75, 3.05) is 12.9 Å². The molecule has 1 heterocycles. The van der Waals surface area contributed by atoms with Crippen LogP contribution in [0.4, 0.5) is 0 Å². The van der Waals surface area contributed by atoms with Gasteiger partial charge < -0.3 is 15.6 Å². The normalized spacial score (nSPS) is 19.7. The molecule has 1 aliphatic rings. The lowest BCUT2D eigenvalue weighted by Crippen LogP contribution is -2.10. The monoisotopic (exact) mass is 197 g/mol. The Morgan fingerprint density at radius 3 is 3.08 bits per heavy atom. The van der Waals surface area contributed by atoms with E-state index in [0.717, 1.165) is 10.5 Å². The van der Waals surface area contributed by atoms with Crippen LogP contribution in [0.2, 0.25) is 0 Å². The smallest absolute Gasteiger partial charge is 0.171 e. The Balaban J connectivity index is 2.54. The maximum Gasteiger partial charge on any atom is 0.171 e. The number of hydrogen-bond donors (Lipinski definition) is 2. The van der Waals surface area contributed by atoms with Crippen LogP contribution in [0.25, 0.3) is 0 Å². The van der Waals surface area contributed by atoms with Crippen LogP contribution < -0.4 is 10.5 Å². The highest BCUT2D eigenvalue weighted by Gasteiger charge is 2.24. The first-order chi connectivity index (χ1) is 6.24. The number of thioether (sulfide) groups is 1. The zero-order valence-corrected chi connectivity index (χ0v) is 8.10. The van der Waals surface area contributed by atoms with Crippen molar-refractivity contribution in [3.63, 3.8) is 0 Å². The van der Waals surface area contributed by atoms with E-state index in [1.165, 1.54) is 11.8 Å². The molecule has 0 spiro atoms. The fraction of sp³-hybridized carbons (Fsp3) is 0.333. The average molecular weight is 197 g/mol. The van der Waals surface area contributed by atoms with E-state index >= 15 is 0 Å². The number of phenols is 1. The molecule has 0 aromatic heterocycles. The van der Waals surface area contributed by atoms with Crippen LogP contribution in [0.15, 0.2) is 17.0 Å². The van der Waals surface area contributed by atoms with Crippen molar-refractivity contribution in [1.82, 2.24) is 0 Å². The maximum absolute atomic E-state index is 9.73. The topological polar surface area (TPSA) is 55.5 Å². The van der Waals surface area contributed by atoms with Crippen LogP contribution in [0.5, 0.6) is 11.5 Å². The molecule has 0 saturated carbocycles. The highest BCUT2D eigenvalue weighted by Crippen LogP contribution is 2.43. The molecule has 13 heavy (non-hydrogen) atoms. The molecule has 0 bridgehead atoms. The van der Waals surface area contributed by atoms with Crippen LogP contribution >= 0.6 is 11.8 Å². The summed E-state index contributed by atoms with van der Waals surface area (Å²) >= 11 is 1.49. The maximum atomic E-state index is 9.73. The number of rotatable bonds is 1. The number of hydrogen-bond acceptors (Lipinski definition) is 4. The van der Waals surface area contributed by atoms with Crippen molar-refractivity contribution in [2.45, 2.75) is 10.9 Å². The molecule has 1 aromatic rings. The number of phenolic OH excluding ortho intramolecular Hbond substituents is 1. The molecule has 1 unspecified atom stereocenters. The molecule has 0 amide bonds. The van der Waals surface area contributed by atoms with E-state index in [-0.39, 0.29) is 11.8 Å². The Morgan fingerprint density at radius 2 is 2.38 bits per heavy atom. The molecule has 3 N–H and O–H groups in total. The third-order valence-corrected chi connectivity index (χ3v) is 2.92. The molecule has 1 aliphatic heterocycles. The summed E-state index contributed by atoms with van der Waals surface area (Å²) < 4.78 is 5.30. The van der Waals surface area contributed by atoms with Gasteiger partial charge in [-0.2, -0.15) is 0 Å². The molecule has 70 valence electrons. The summed E-state index contributed by atoms with van der Waals surface area (Å²) in [4.78, 5) is 0.827. The number of nitrogens with two attached hydrogens (primary N) is 1. The Kier molecular flexibility index (Phi) is 2.09.